The fraction of sp³-hybridized carbons (Fsp3) is 0.379. The number of piperidine rings is 1. The molecule has 0 radical (unpaired) electrons. The van der Waals surface area contributed by atoms with Crippen molar-refractivity contribution in [2.75, 3.05) is 33.3 Å². The molecule has 192 valence electrons. The second-order valence-electron chi connectivity index (χ2n) is 9.40. The molecule has 1 N–H and O–H groups in total. The predicted octanol–water partition coefficient (Wildman–Crippen LogP) is 6.07. The van der Waals surface area contributed by atoms with Crippen molar-refractivity contribution in [1.29, 1.82) is 0 Å². The average molecular weight is 527 g/mol. The van der Waals surface area contributed by atoms with Gasteiger partial charge in [-0.05, 0) is 98.6 Å². The average Bonchev–Trinajstić information content (AvgIpc) is 2.91. The highest BCUT2D eigenvalue weighted by Crippen LogP contribution is 2.34. The number of hydrogen-bond acceptors (Lipinski definition) is 4. The van der Waals surface area contributed by atoms with Gasteiger partial charge in [0.2, 0.25) is 10.0 Å². The van der Waals surface area contributed by atoms with E-state index in [-0.39, 0.29) is 5.92 Å². The van der Waals surface area contributed by atoms with Gasteiger partial charge < -0.3 is 9.64 Å². The van der Waals surface area contributed by atoms with Crippen LogP contribution in [0.4, 0.5) is 0 Å². The summed E-state index contributed by atoms with van der Waals surface area (Å²) in [6.45, 7) is 3.45. The van der Waals surface area contributed by atoms with Crippen LogP contribution in [0.15, 0.2) is 83.8 Å². The van der Waals surface area contributed by atoms with Gasteiger partial charge >= 0.3 is 0 Å². The van der Waals surface area contributed by atoms with Crippen LogP contribution in [0.25, 0.3) is 0 Å². The molecule has 1 fully saturated rings. The lowest BCUT2D eigenvalue weighted by molar-refractivity contribution is 0.203. The molecule has 0 spiro atoms. The summed E-state index contributed by atoms with van der Waals surface area (Å²) < 4.78 is 33.7. The lowest BCUT2D eigenvalue weighted by Gasteiger charge is -2.33. The van der Waals surface area contributed by atoms with Crippen molar-refractivity contribution in [3.63, 3.8) is 0 Å². The maximum Gasteiger partial charge on any atom is 0.240 e. The van der Waals surface area contributed by atoms with Crippen LogP contribution >= 0.6 is 11.6 Å². The molecule has 0 aromatic heterocycles. The number of sulfonamides is 1. The monoisotopic (exact) mass is 526 g/mol. The van der Waals surface area contributed by atoms with Crippen LogP contribution in [0.5, 0.6) is 5.75 Å². The van der Waals surface area contributed by atoms with Crippen molar-refractivity contribution in [1.82, 2.24) is 9.62 Å². The van der Waals surface area contributed by atoms with Crippen LogP contribution in [0.2, 0.25) is 5.02 Å². The van der Waals surface area contributed by atoms with Gasteiger partial charge in [-0.25, -0.2) is 13.1 Å². The Kier molecular flexibility index (Phi) is 9.43. The summed E-state index contributed by atoms with van der Waals surface area (Å²) in [7, 11) is -1.78. The molecule has 3 aromatic carbocycles. The van der Waals surface area contributed by atoms with Crippen molar-refractivity contribution >= 4 is 21.6 Å². The number of para-hydroxylation sites is 1. The number of methoxy groups -OCH3 is 1. The van der Waals surface area contributed by atoms with Crippen molar-refractivity contribution in [2.24, 2.45) is 0 Å². The molecule has 1 unspecified atom stereocenters. The third-order valence-corrected chi connectivity index (χ3v) is 8.83. The molecule has 36 heavy (non-hydrogen) atoms. The van der Waals surface area contributed by atoms with Crippen LogP contribution in [0.1, 0.15) is 48.6 Å². The second-order valence-corrected chi connectivity index (χ2v) is 11.6. The Bertz CT molecular complexity index is 1210. The maximum atomic E-state index is 12.7. The summed E-state index contributed by atoms with van der Waals surface area (Å²) in [5.41, 5.74) is 2.47. The summed E-state index contributed by atoms with van der Waals surface area (Å²) in [6, 6.07) is 24.8. The maximum absolute atomic E-state index is 12.7. The van der Waals surface area contributed by atoms with Gasteiger partial charge in [-0.1, -0.05) is 60.1 Å². The fourth-order valence-corrected chi connectivity index (χ4v) is 6.37. The highest BCUT2D eigenvalue weighted by atomic mass is 35.5. The molecule has 4 rings (SSSR count). The summed E-state index contributed by atoms with van der Waals surface area (Å²) in [5.74, 6) is 1.72. The number of nitrogens with one attached hydrogen (secondary N) is 1. The Morgan fingerprint density at radius 1 is 0.972 bits per heavy atom. The van der Waals surface area contributed by atoms with Crippen molar-refractivity contribution in [2.45, 2.75) is 42.4 Å². The van der Waals surface area contributed by atoms with Gasteiger partial charge in [-0.3, -0.25) is 0 Å². The van der Waals surface area contributed by atoms with E-state index < -0.39 is 10.0 Å². The van der Waals surface area contributed by atoms with E-state index in [1.807, 2.05) is 36.4 Å². The molecule has 5 nitrogen and oxygen atoms in total. The van der Waals surface area contributed by atoms with Gasteiger partial charge in [0, 0.05) is 11.6 Å². The first-order valence-corrected chi connectivity index (χ1v) is 14.5. The second kappa shape index (κ2) is 12.7. The van der Waals surface area contributed by atoms with E-state index in [9.17, 15) is 8.42 Å². The largest absolute Gasteiger partial charge is 0.496 e. The summed E-state index contributed by atoms with van der Waals surface area (Å²) in [4.78, 5) is 2.82. The van der Waals surface area contributed by atoms with Crippen molar-refractivity contribution in [3.8, 4) is 5.75 Å². The Morgan fingerprint density at radius 2 is 1.69 bits per heavy atom. The lowest BCUT2D eigenvalue weighted by Crippen LogP contribution is -2.34. The number of likely N-dealkylation sites (tertiary alicyclic amines) is 1. The van der Waals surface area contributed by atoms with Gasteiger partial charge in [-0.15, -0.1) is 0 Å². The van der Waals surface area contributed by atoms with Crippen LogP contribution in [-0.2, 0) is 10.0 Å². The standard InChI is InChI=1S/C29H35ClN2O3S/c1-35-29-13-6-5-12-28(29)24-16-20-32(21-17-24)19-15-23(25-8-7-9-26(30)22-25)14-18-31-36(33,34)27-10-3-2-4-11-27/h2-13,22-24,31H,14-21H2,1H3. The molecule has 0 saturated carbocycles. The number of hydrogen-bond donors (Lipinski definition) is 1. The Balaban J connectivity index is 1.34. The predicted molar refractivity (Wildman–Crippen MR) is 146 cm³/mol. The van der Waals surface area contributed by atoms with Gasteiger partial charge in [-0.2, -0.15) is 0 Å². The zero-order valence-electron chi connectivity index (χ0n) is 20.8. The first-order valence-electron chi connectivity index (χ1n) is 12.6. The highest BCUT2D eigenvalue weighted by molar-refractivity contribution is 7.89. The van der Waals surface area contributed by atoms with E-state index in [2.05, 4.69) is 27.8 Å². The molecular formula is C29H35ClN2O3S. The molecule has 7 heteroatoms. The number of rotatable bonds is 11. The Hall–Kier alpha value is -2.38. The molecule has 0 bridgehead atoms. The van der Waals surface area contributed by atoms with E-state index in [1.54, 1.807) is 31.4 Å². The first kappa shape index (κ1) is 26.7. The third-order valence-electron chi connectivity index (χ3n) is 7.12. The topological polar surface area (TPSA) is 58.6 Å². The van der Waals surface area contributed by atoms with Crippen LogP contribution < -0.4 is 9.46 Å². The Morgan fingerprint density at radius 3 is 2.42 bits per heavy atom. The molecule has 0 aliphatic carbocycles. The molecule has 0 amide bonds. The lowest BCUT2D eigenvalue weighted by atomic mass is 9.88. The molecule has 1 aliphatic heterocycles. The molecule has 1 aliphatic rings. The van der Waals surface area contributed by atoms with Gasteiger partial charge in [0.05, 0.1) is 12.0 Å². The van der Waals surface area contributed by atoms with E-state index in [1.165, 1.54) is 5.56 Å². The highest BCUT2D eigenvalue weighted by Gasteiger charge is 2.24. The van der Waals surface area contributed by atoms with Crippen molar-refractivity contribution < 1.29 is 13.2 Å². The molecule has 1 saturated heterocycles. The minimum absolute atomic E-state index is 0.217. The smallest absolute Gasteiger partial charge is 0.240 e. The number of benzene rings is 3. The SMILES string of the molecule is COc1ccccc1C1CCN(CCC(CCNS(=O)(=O)c2ccccc2)c2cccc(Cl)c2)CC1. The van der Waals surface area contributed by atoms with Gasteiger partial charge in [0.1, 0.15) is 5.75 Å². The molecular weight excluding hydrogens is 492 g/mol. The van der Waals surface area contributed by atoms with Crippen molar-refractivity contribution in [3.05, 3.63) is 95.0 Å². The fourth-order valence-electron chi connectivity index (χ4n) is 5.10. The quantitative estimate of drug-likeness (QED) is 0.329. The number of halogens is 1. The van der Waals surface area contributed by atoms with Gasteiger partial charge in [0.15, 0.2) is 0 Å². The van der Waals surface area contributed by atoms with E-state index in [0.717, 1.165) is 50.2 Å². The number of nitrogens with zero attached hydrogens (tertiary/aromatic N) is 1. The molecule has 3 aromatic rings. The minimum Gasteiger partial charge on any atom is -0.496 e. The van der Waals surface area contributed by atoms with Gasteiger partial charge in [0.25, 0.3) is 0 Å². The number of ether oxygens (including phenoxy) is 1. The summed E-state index contributed by atoms with van der Waals surface area (Å²) >= 11 is 6.29. The Labute approximate surface area is 220 Å². The molecule has 1 atom stereocenters. The first-order chi connectivity index (χ1) is 17.5. The minimum atomic E-state index is -3.52. The molecule has 1 heterocycles. The van der Waals surface area contributed by atoms with E-state index in [4.69, 9.17) is 16.3 Å². The normalized spacial score (nSPS) is 16.1. The van der Waals surface area contributed by atoms with E-state index >= 15 is 0 Å². The summed E-state index contributed by atoms with van der Waals surface area (Å²) in [5, 5.41) is 0.708. The van der Waals surface area contributed by atoms with Crippen LogP contribution in [0.3, 0.4) is 0 Å². The third kappa shape index (κ3) is 7.10. The zero-order valence-corrected chi connectivity index (χ0v) is 22.3. The van der Waals surface area contributed by atoms with Crippen LogP contribution in [-0.4, -0.2) is 46.6 Å². The van der Waals surface area contributed by atoms with E-state index in [0.29, 0.717) is 28.8 Å². The van der Waals surface area contributed by atoms with Crippen LogP contribution in [0, 0.1) is 0 Å². The zero-order chi connectivity index (χ0) is 25.4. The summed E-state index contributed by atoms with van der Waals surface area (Å²) in [6.07, 6.45) is 3.88.